The number of aromatic nitrogens is 1. The zero-order valence-electron chi connectivity index (χ0n) is 15.2. The van der Waals surface area contributed by atoms with Crippen LogP contribution in [0.4, 0.5) is 0 Å². The van der Waals surface area contributed by atoms with Crippen LogP contribution in [0.5, 0.6) is 0 Å². The van der Waals surface area contributed by atoms with E-state index in [2.05, 4.69) is 63.9 Å². The lowest BCUT2D eigenvalue weighted by atomic mass is 10.1. The fourth-order valence-corrected chi connectivity index (χ4v) is 3.40. The van der Waals surface area contributed by atoms with Crippen LogP contribution in [0.15, 0.2) is 29.3 Å². The molecule has 0 saturated carbocycles. The summed E-state index contributed by atoms with van der Waals surface area (Å²) in [5.74, 6) is 0.806. The Bertz CT molecular complexity index is 690. The van der Waals surface area contributed by atoms with E-state index in [1.807, 2.05) is 13.8 Å². The molecule has 0 saturated heterocycles. The van der Waals surface area contributed by atoms with Crippen LogP contribution in [0.25, 0.3) is 0 Å². The number of aliphatic imine (C=N–C) groups is 1. The zero-order chi connectivity index (χ0) is 17.5. The second-order valence-electron chi connectivity index (χ2n) is 6.03. The molecule has 2 N–H and O–H groups in total. The summed E-state index contributed by atoms with van der Waals surface area (Å²) in [5.41, 5.74) is 3.72. The molecular formula is C18H27N5S. The molecule has 130 valence electrons. The number of guanidine groups is 1. The van der Waals surface area contributed by atoms with Crippen LogP contribution in [-0.4, -0.2) is 37.0 Å². The predicted molar refractivity (Wildman–Crippen MR) is 102 cm³/mol. The summed E-state index contributed by atoms with van der Waals surface area (Å²) in [6.45, 7) is 6.52. The number of hydrogen-bond donors (Lipinski definition) is 2. The van der Waals surface area contributed by atoms with Gasteiger partial charge in [-0.2, -0.15) is 0 Å². The van der Waals surface area contributed by atoms with Crippen LogP contribution in [0, 0.1) is 13.8 Å². The van der Waals surface area contributed by atoms with Gasteiger partial charge in [-0.25, -0.2) is 4.98 Å². The van der Waals surface area contributed by atoms with Gasteiger partial charge >= 0.3 is 0 Å². The highest BCUT2D eigenvalue weighted by Crippen LogP contribution is 2.16. The minimum Gasteiger partial charge on any atom is -0.352 e. The Labute approximate surface area is 148 Å². The van der Waals surface area contributed by atoms with Gasteiger partial charge in [-0.1, -0.05) is 24.3 Å². The van der Waals surface area contributed by atoms with E-state index in [4.69, 9.17) is 0 Å². The molecule has 0 unspecified atom stereocenters. The molecule has 1 aromatic heterocycles. The van der Waals surface area contributed by atoms with Gasteiger partial charge in [-0.15, -0.1) is 11.3 Å². The summed E-state index contributed by atoms with van der Waals surface area (Å²) in [6, 6.07) is 8.51. The predicted octanol–water partition coefficient (Wildman–Crippen LogP) is 2.69. The molecule has 0 spiro atoms. The van der Waals surface area contributed by atoms with E-state index >= 15 is 0 Å². The van der Waals surface area contributed by atoms with Crippen molar-refractivity contribution in [3.63, 3.8) is 0 Å². The van der Waals surface area contributed by atoms with E-state index in [-0.39, 0.29) is 0 Å². The maximum absolute atomic E-state index is 4.46. The van der Waals surface area contributed by atoms with E-state index in [1.54, 1.807) is 18.4 Å². The van der Waals surface area contributed by atoms with E-state index < -0.39 is 0 Å². The fourth-order valence-electron chi connectivity index (χ4n) is 2.53. The molecule has 0 atom stereocenters. The Balaban J connectivity index is 1.93. The summed E-state index contributed by atoms with van der Waals surface area (Å²) in [4.78, 5) is 12.2. The molecule has 6 heteroatoms. The first-order chi connectivity index (χ1) is 11.5. The summed E-state index contributed by atoms with van der Waals surface area (Å²) in [5, 5.41) is 7.87. The van der Waals surface area contributed by atoms with Crippen LogP contribution < -0.4 is 10.6 Å². The second-order valence-corrected chi connectivity index (χ2v) is 7.32. The number of nitrogens with one attached hydrogen (secondary N) is 2. The number of aryl methyl sites for hydroxylation is 2. The number of benzene rings is 1. The lowest BCUT2D eigenvalue weighted by Crippen LogP contribution is -2.36. The molecule has 5 nitrogen and oxygen atoms in total. The van der Waals surface area contributed by atoms with Gasteiger partial charge in [-0.05, 0) is 39.1 Å². The lowest BCUT2D eigenvalue weighted by molar-refractivity contribution is 0.400. The Hall–Kier alpha value is -1.92. The second kappa shape index (κ2) is 8.80. The first kappa shape index (κ1) is 18.4. The number of thiazole rings is 1. The molecule has 1 heterocycles. The van der Waals surface area contributed by atoms with Crippen molar-refractivity contribution in [2.75, 3.05) is 21.1 Å². The fraction of sp³-hybridized carbons (Fsp3) is 0.444. The van der Waals surface area contributed by atoms with E-state index in [9.17, 15) is 0 Å². The van der Waals surface area contributed by atoms with E-state index in [0.717, 1.165) is 36.3 Å². The lowest BCUT2D eigenvalue weighted by Gasteiger charge is -2.16. The number of nitrogens with zero attached hydrogens (tertiary/aromatic N) is 3. The van der Waals surface area contributed by atoms with Gasteiger partial charge in [0.2, 0.25) is 0 Å². The molecule has 0 aliphatic carbocycles. The van der Waals surface area contributed by atoms with Crippen LogP contribution in [0.2, 0.25) is 0 Å². The Kier molecular flexibility index (Phi) is 6.75. The maximum Gasteiger partial charge on any atom is 0.191 e. The minimum atomic E-state index is 0.746. The Morgan fingerprint density at radius 1 is 1.12 bits per heavy atom. The standard InChI is InChI=1S/C18H27N5S/c1-13-17(24-14(2)22-13)11-21-18(19-3)20-10-15-8-6-7-9-16(15)12-23(4)5/h6-9H,10-12H2,1-5H3,(H2,19,20,21). The maximum atomic E-state index is 4.46. The van der Waals surface area contributed by atoms with Crippen molar-refractivity contribution in [1.82, 2.24) is 20.5 Å². The van der Waals surface area contributed by atoms with Crippen molar-refractivity contribution < 1.29 is 0 Å². The van der Waals surface area contributed by atoms with Crippen molar-refractivity contribution in [2.45, 2.75) is 33.5 Å². The third-order valence-electron chi connectivity index (χ3n) is 3.69. The van der Waals surface area contributed by atoms with Crippen LogP contribution in [-0.2, 0) is 19.6 Å². The highest BCUT2D eigenvalue weighted by molar-refractivity contribution is 7.11. The molecule has 0 aliphatic heterocycles. The number of rotatable bonds is 6. The SMILES string of the molecule is CN=C(NCc1ccccc1CN(C)C)NCc1sc(C)nc1C. The highest BCUT2D eigenvalue weighted by atomic mass is 32.1. The minimum absolute atomic E-state index is 0.746. The topological polar surface area (TPSA) is 52.6 Å². The quantitative estimate of drug-likeness (QED) is 0.624. The molecule has 2 rings (SSSR count). The van der Waals surface area contributed by atoms with Gasteiger partial charge in [-0.3, -0.25) is 4.99 Å². The van der Waals surface area contributed by atoms with Gasteiger partial charge in [0.1, 0.15) is 0 Å². The van der Waals surface area contributed by atoms with Crippen LogP contribution in [0.1, 0.15) is 26.7 Å². The Morgan fingerprint density at radius 3 is 2.38 bits per heavy atom. The average molecular weight is 346 g/mol. The smallest absolute Gasteiger partial charge is 0.191 e. The molecule has 0 fully saturated rings. The normalized spacial score (nSPS) is 11.8. The molecule has 2 aromatic rings. The average Bonchev–Trinajstić information content (AvgIpc) is 2.86. The summed E-state index contributed by atoms with van der Waals surface area (Å²) >= 11 is 1.73. The van der Waals surface area contributed by atoms with Gasteiger partial charge in [0.25, 0.3) is 0 Å². The molecule has 0 aliphatic rings. The first-order valence-electron chi connectivity index (χ1n) is 8.08. The van der Waals surface area contributed by atoms with Gasteiger partial charge < -0.3 is 15.5 Å². The van der Waals surface area contributed by atoms with Gasteiger partial charge in [0.05, 0.1) is 17.2 Å². The highest BCUT2D eigenvalue weighted by Gasteiger charge is 2.07. The van der Waals surface area contributed by atoms with Crippen molar-refractivity contribution in [3.05, 3.63) is 51.0 Å². The molecule has 24 heavy (non-hydrogen) atoms. The molecule has 0 amide bonds. The molecular weight excluding hydrogens is 318 g/mol. The largest absolute Gasteiger partial charge is 0.352 e. The van der Waals surface area contributed by atoms with Gasteiger partial charge in [0.15, 0.2) is 5.96 Å². The molecule has 1 aromatic carbocycles. The monoisotopic (exact) mass is 345 g/mol. The number of hydrogen-bond acceptors (Lipinski definition) is 4. The summed E-state index contributed by atoms with van der Waals surface area (Å²) in [6.07, 6.45) is 0. The van der Waals surface area contributed by atoms with Crippen molar-refractivity contribution in [3.8, 4) is 0 Å². The van der Waals surface area contributed by atoms with Gasteiger partial charge in [0, 0.05) is 25.0 Å². The summed E-state index contributed by atoms with van der Waals surface area (Å²) in [7, 11) is 5.97. The summed E-state index contributed by atoms with van der Waals surface area (Å²) < 4.78 is 0. The zero-order valence-corrected chi connectivity index (χ0v) is 16.0. The van der Waals surface area contributed by atoms with Crippen molar-refractivity contribution in [1.29, 1.82) is 0 Å². The van der Waals surface area contributed by atoms with Crippen molar-refractivity contribution >= 4 is 17.3 Å². The van der Waals surface area contributed by atoms with Crippen LogP contribution in [0.3, 0.4) is 0 Å². The van der Waals surface area contributed by atoms with E-state index in [0.29, 0.717) is 0 Å². The van der Waals surface area contributed by atoms with E-state index in [1.165, 1.54) is 16.0 Å². The Morgan fingerprint density at radius 2 is 1.79 bits per heavy atom. The molecule has 0 radical (unpaired) electrons. The third kappa shape index (κ3) is 5.32. The van der Waals surface area contributed by atoms with Crippen molar-refractivity contribution in [2.24, 2.45) is 4.99 Å². The molecule has 0 bridgehead atoms. The third-order valence-corrected chi connectivity index (χ3v) is 4.76. The first-order valence-corrected chi connectivity index (χ1v) is 8.90. The van der Waals surface area contributed by atoms with Crippen LogP contribution >= 0.6 is 11.3 Å².